The molecule has 0 saturated heterocycles. The van der Waals surface area contributed by atoms with Crippen LogP contribution < -0.4 is 21.1 Å². The molecule has 0 radical (unpaired) electrons. The number of hydrogen-bond donors (Lipinski definition) is 3. The van der Waals surface area contributed by atoms with Gasteiger partial charge in [0.1, 0.15) is 18.2 Å². The molecule has 2 amide bonds. The predicted octanol–water partition coefficient (Wildman–Crippen LogP) is 2.95. The zero-order valence-electron chi connectivity index (χ0n) is 17.1. The molecule has 8 heteroatoms. The van der Waals surface area contributed by atoms with E-state index in [-0.39, 0.29) is 12.5 Å². The highest BCUT2D eigenvalue weighted by molar-refractivity contribution is 5.99. The van der Waals surface area contributed by atoms with Crippen molar-refractivity contribution in [3.8, 4) is 5.75 Å². The second kappa shape index (κ2) is 10.6. The first kappa shape index (κ1) is 21.6. The minimum atomic E-state index is -0.522. The minimum Gasteiger partial charge on any atom is -0.491 e. The maximum absolute atomic E-state index is 11.9. The zero-order valence-corrected chi connectivity index (χ0v) is 17.1. The van der Waals surface area contributed by atoms with Crippen molar-refractivity contribution in [3.05, 3.63) is 47.7 Å². The number of pyridine rings is 1. The fourth-order valence-corrected chi connectivity index (χ4v) is 3.58. The van der Waals surface area contributed by atoms with Gasteiger partial charge >= 0.3 is 0 Å². The summed E-state index contributed by atoms with van der Waals surface area (Å²) in [6.07, 6.45) is 6.44. The van der Waals surface area contributed by atoms with Crippen LogP contribution in [0.2, 0.25) is 0 Å². The van der Waals surface area contributed by atoms with Crippen LogP contribution in [-0.2, 0) is 16.1 Å². The van der Waals surface area contributed by atoms with Gasteiger partial charge in [-0.05, 0) is 48.6 Å². The number of nitrogens with zero attached hydrogens (tertiary/aromatic N) is 1. The molecule has 1 aromatic heterocycles. The Balaban J connectivity index is 1.71. The van der Waals surface area contributed by atoms with Crippen molar-refractivity contribution in [2.45, 2.75) is 32.2 Å². The van der Waals surface area contributed by atoms with E-state index in [2.05, 4.69) is 15.6 Å². The molecule has 1 aliphatic rings. The van der Waals surface area contributed by atoms with E-state index in [0.717, 1.165) is 5.56 Å². The molecular formula is C22H28N4O4. The number of methoxy groups -OCH3 is 1. The van der Waals surface area contributed by atoms with Crippen LogP contribution in [0.1, 0.15) is 41.6 Å². The lowest BCUT2D eigenvalue weighted by atomic mass is 10.1. The van der Waals surface area contributed by atoms with Crippen molar-refractivity contribution >= 4 is 23.3 Å². The van der Waals surface area contributed by atoms with E-state index in [0.29, 0.717) is 41.9 Å². The van der Waals surface area contributed by atoms with Gasteiger partial charge in [-0.25, -0.2) is 4.98 Å². The predicted molar refractivity (Wildman–Crippen MR) is 114 cm³/mol. The number of nitrogens with one attached hydrogen (secondary N) is 2. The summed E-state index contributed by atoms with van der Waals surface area (Å²) in [7, 11) is 1.45. The number of hydrogen-bond acceptors (Lipinski definition) is 6. The van der Waals surface area contributed by atoms with E-state index in [1.165, 1.54) is 32.8 Å². The van der Waals surface area contributed by atoms with Gasteiger partial charge in [0.25, 0.3) is 11.8 Å². The first-order valence-electron chi connectivity index (χ1n) is 10.1. The van der Waals surface area contributed by atoms with Crippen LogP contribution in [0.15, 0.2) is 36.5 Å². The standard InChI is InChI=1S/C22H28N4O4/c1-29-14-20(27)26-19-11-16(9-10-24-19)12-25-21-17(22(23)28)7-4-8-18(21)30-13-15-5-2-3-6-15/h4,7-11,15,25H,2-3,5-6,12-14H2,1H3,(H2,23,28)(H,24,26,27). The van der Waals surface area contributed by atoms with E-state index < -0.39 is 5.91 Å². The molecule has 1 heterocycles. The fourth-order valence-electron chi connectivity index (χ4n) is 3.58. The molecule has 1 fully saturated rings. The van der Waals surface area contributed by atoms with Gasteiger partial charge in [0.05, 0.1) is 17.9 Å². The SMILES string of the molecule is COCC(=O)Nc1cc(CNc2c(OCC3CCCC3)cccc2C(N)=O)ccn1. The fraction of sp³-hybridized carbons (Fsp3) is 0.409. The van der Waals surface area contributed by atoms with Crippen molar-refractivity contribution in [3.63, 3.8) is 0 Å². The third-order valence-electron chi connectivity index (χ3n) is 5.08. The number of amides is 2. The summed E-state index contributed by atoms with van der Waals surface area (Å²) in [6.45, 7) is 0.986. The molecule has 0 unspecified atom stereocenters. The summed E-state index contributed by atoms with van der Waals surface area (Å²) in [5, 5.41) is 5.94. The van der Waals surface area contributed by atoms with Gasteiger partial charge < -0.3 is 25.8 Å². The van der Waals surface area contributed by atoms with Gasteiger partial charge in [-0.3, -0.25) is 9.59 Å². The summed E-state index contributed by atoms with van der Waals surface area (Å²) in [5.41, 5.74) is 7.40. The molecule has 3 rings (SSSR count). The highest BCUT2D eigenvalue weighted by Gasteiger charge is 2.18. The Kier molecular flexibility index (Phi) is 7.62. The van der Waals surface area contributed by atoms with Crippen LogP contribution in [0.5, 0.6) is 5.75 Å². The molecule has 4 N–H and O–H groups in total. The molecular weight excluding hydrogens is 384 g/mol. The summed E-state index contributed by atoms with van der Waals surface area (Å²) in [5.74, 6) is 0.787. The number of primary amides is 1. The number of ether oxygens (including phenoxy) is 2. The molecule has 30 heavy (non-hydrogen) atoms. The smallest absolute Gasteiger partial charge is 0.251 e. The Morgan fingerprint density at radius 3 is 2.77 bits per heavy atom. The van der Waals surface area contributed by atoms with Gasteiger partial charge in [0.2, 0.25) is 0 Å². The maximum Gasteiger partial charge on any atom is 0.251 e. The third kappa shape index (κ3) is 5.93. The van der Waals surface area contributed by atoms with Crippen molar-refractivity contribution in [2.24, 2.45) is 11.7 Å². The normalized spacial score (nSPS) is 13.8. The van der Waals surface area contributed by atoms with E-state index >= 15 is 0 Å². The lowest BCUT2D eigenvalue weighted by Crippen LogP contribution is -2.18. The Bertz CT molecular complexity index is 881. The first-order valence-corrected chi connectivity index (χ1v) is 10.1. The Hall–Kier alpha value is -3.13. The molecule has 2 aromatic rings. The molecule has 160 valence electrons. The van der Waals surface area contributed by atoms with Gasteiger partial charge in [0, 0.05) is 19.9 Å². The van der Waals surface area contributed by atoms with Crippen molar-refractivity contribution < 1.29 is 19.1 Å². The number of carbonyl (C=O) groups excluding carboxylic acids is 2. The van der Waals surface area contributed by atoms with Gasteiger partial charge in [-0.1, -0.05) is 18.9 Å². The summed E-state index contributed by atoms with van der Waals surface area (Å²) >= 11 is 0. The molecule has 0 aliphatic heterocycles. The number of anilines is 2. The van der Waals surface area contributed by atoms with E-state index in [9.17, 15) is 9.59 Å². The van der Waals surface area contributed by atoms with Gasteiger partial charge in [0.15, 0.2) is 0 Å². The molecule has 0 spiro atoms. The van der Waals surface area contributed by atoms with Crippen LogP contribution >= 0.6 is 0 Å². The molecule has 8 nitrogen and oxygen atoms in total. The van der Waals surface area contributed by atoms with Crippen molar-refractivity contribution in [1.82, 2.24) is 4.98 Å². The van der Waals surface area contributed by atoms with Crippen LogP contribution in [0, 0.1) is 5.92 Å². The highest BCUT2D eigenvalue weighted by Crippen LogP contribution is 2.31. The minimum absolute atomic E-state index is 0.0438. The number of nitrogens with two attached hydrogens (primary N) is 1. The van der Waals surface area contributed by atoms with Gasteiger partial charge in [-0.2, -0.15) is 0 Å². The van der Waals surface area contributed by atoms with Crippen LogP contribution in [0.25, 0.3) is 0 Å². The van der Waals surface area contributed by atoms with E-state index in [1.54, 1.807) is 24.4 Å². The highest BCUT2D eigenvalue weighted by atomic mass is 16.5. The monoisotopic (exact) mass is 412 g/mol. The number of benzene rings is 1. The molecule has 0 bridgehead atoms. The quantitative estimate of drug-likeness (QED) is 0.553. The largest absolute Gasteiger partial charge is 0.491 e. The molecule has 1 aromatic carbocycles. The average molecular weight is 412 g/mol. The second-order valence-electron chi connectivity index (χ2n) is 7.39. The molecule has 1 saturated carbocycles. The third-order valence-corrected chi connectivity index (χ3v) is 5.08. The van der Waals surface area contributed by atoms with Crippen LogP contribution in [0.3, 0.4) is 0 Å². The van der Waals surface area contributed by atoms with Crippen molar-refractivity contribution in [1.29, 1.82) is 0 Å². The lowest BCUT2D eigenvalue weighted by molar-refractivity contribution is -0.119. The first-order chi connectivity index (χ1) is 14.6. The van der Waals surface area contributed by atoms with Crippen LogP contribution in [-0.4, -0.2) is 37.1 Å². The molecule has 0 atom stereocenters. The Morgan fingerprint density at radius 2 is 2.03 bits per heavy atom. The second-order valence-corrected chi connectivity index (χ2v) is 7.39. The summed E-state index contributed by atoms with van der Waals surface area (Å²) in [6, 6.07) is 8.87. The van der Waals surface area contributed by atoms with E-state index in [4.69, 9.17) is 15.2 Å². The molecule has 1 aliphatic carbocycles. The van der Waals surface area contributed by atoms with E-state index in [1.807, 2.05) is 12.1 Å². The Morgan fingerprint density at radius 1 is 1.23 bits per heavy atom. The average Bonchev–Trinajstić information content (AvgIpc) is 3.25. The number of rotatable bonds is 10. The summed E-state index contributed by atoms with van der Waals surface area (Å²) in [4.78, 5) is 27.8. The lowest BCUT2D eigenvalue weighted by Gasteiger charge is -2.18. The maximum atomic E-state index is 11.9. The zero-order chi connectivity index (χ0) is 21.3. The van der Waals surface area contributed by atoms with Crippen molar-refractivity contribution in [2.75, 3.05) is 31.0 Å². The topological polar surface area (TPSA) is 116 Å². The Labute approximate surface area is 176 Å². The van der Waals surface area contributed by atoms with Crippen LogP contribution in [0.4, 0.5) is 11.5 Å². The van der Waals surface area contributed by atoms with Gasteiger partial charge in [-0.15, -0.1) is 0 Å². The number of carbonyl (C=O) groups is 2. The number of para-hydroxylation sites is 1. The number of aromatic nitrogens is 1. The summed E-state index contributed by atoms with van der Waals surface area (Å²) < 4.78 is 10.9.